The van der Waals surface area contributed by atoms with Crippen LogP contribution in [0.3, 0.4) is 0 Å². The molecule has 0 atom stereocenters. The summed E-state index contributed by atoms with van der Waals surface area (Å²) in [6, 6.07) is 8.58. The minimum atomic E-state index is 0.718. The van der Waals surface area contributed by atoms with Crippen molar-refractivity contribution in [2.75, 3.05) is 38.1 Å². The molecular formula is C19H26N6. The van der Waals surface area contributed by atoms with Gasteiger partial charge < -0.3 is 14.8 Å². The van der Waals surface area contributed by atoms with Gasteiger partial charge >= 0.3 is 0 Å². The van der Waals surface area contributed by atoms with E-state index in [1.807, 2.05) is 20.8 Å². The first-order chi connectivity index (χ1) is 12.2. The quantitative estimate of drug-likeness (QED) is 0.778. The number of hydrogen-bond acceptors (Lipinski definition) is 5. The molecule has 2 aromatic heterocycles. The highest BCUT2D eigenvalue weighted by atomic mass is 15.2. The van der Waals surface area contributed by atoms with Crippen molar-refractivity contribution in [3.05, 3.63) is 36.3 Å². The molecule has 3 aromatic rings. The van der Waals surface area contributed by atoms with Gasteiger partial charge in [0.25, 0.3) is 0 Å². The lowest BCUT2D eigenvalue weighted by molar-refractivity contribution is 0.313. The predicted molar refractivity (Wildman–Crippen MR) is 103 cm³/mol. The molecule has 0 unspecified atom stereocenters. The molecule has 6 heteroatoms. The summed E-state index contributed by atoms with van der Waals surface area (Å²) in [4.78, 5) is 21.1. The Morgan fingerprint density at radius 2 is 1.64 bits per heavy atom. The highest BCUT2D eigenvalue weighted by molar-refractivity contribution is 5.77. The molecule has 0 saturated carbocycles. The maximum atomic E-state index is 4.57. The second kappa shape index (κ2) is 7.61. The van der Waals surface area contributed by atoms with Gasteiger partial charge in [-0.1, -0.05) is 13.8 Å². The molecule has 1 saturated heterocycles. The van der Waals surface area contributed by atoms with Gasteiger partial charge in [0.05, 0.1) is 5.69 Å². The number of nitrogens with one attached hydrogen (secondary N) is 1. The van der Waals surface area contributed by atoms with Crippen molar-refractivity contribution in [2.24, 2.45) is 0 Å². The number of aromatic amines is 1. The first-order valence-electron chi connectivity index (χ1n) is 8.92. The molecule has 3 heterocycles. The Balaban J connectivity index is 0.000000880. The number of nitrogens with zero attached hydrogens (tertiary/aromatic N) is 5. The molecular weight excluding hydrogens is 312 g/mol. The van der Waals surface area contributed by atoms with Crippen molar-refractivity contribution in [3.63, 3.8) is 0 Å². The third-order valence-electron chi connectivity index (χ3n) is 4.49. The largest absolute Gasteiger partial charge is 0.369 e. The SMILES string of the molecule is CC.Cc1ncnc2nc(-c3ccc(N4CCN(C)CC4)cc3)[nH]c12. The Hall–Kier alpha value is -2.47. The maximum absolute atomic E-state index is 4.57. The predicted octanol–water partition coefficient (Wildman–Crippen LogP) is 3.11. The van der Waals surface area contributed by atoms with E-state index in [4.69, 9.17) is 0 Å². The second-order valence-corrected chi connectivity index (χ2v) is 6.08. The number of aromatic nitrogens is 4. The van der Waals surface area contributed by atoms with E-state index >= 15 is 0 Å². The minimum Gasteiger partial charge on any atom is -0.369 e. The lowest BCUT2D eigenvalue weighted by atomic mass is 10.1. The number of aryl methyl sites for hydroxylation is 1. The van der Waals surface area contributed by atoms with E-state index in [9.17, 15) is 0 Å². The van der Waals surface area contributed by atoms with E-state index in [0.717, 1.165) is 54.4 Å². The van der Waals surface area contributed by atoms with Crippen LogP contribution in [0, 0.1) is 6.92 Å². The number of H-pyrrole nitrogens is 1. The molecule has 0 radical (unpaired) electrons. The number of fused-ring (bicyclic) bond motifs is 1. The van der Waals surface area contributed by atoms with Crippen molar-refractivity contribution < 1.29 is 0 Å². The lowest BCUT2D eigenvalue weighted by Crippen LogP contribution is -2.44. The molecule has 6 nitrogen and oxygen atoms in total. The van der Waals surface area contributed by atoms with Crippen LogP contribution in [0.25, 0.3) is 22.6 Å². The summed E-state index contributed by atoms with van der Waals surface area (Å²) in [6.45, 7) is 10.3. The van der Waals surface area contributed by atoms with Crippen LogP contribution in [0.2, 0.25) is 0 Å². The van der Waals surface area contributed by atoms with Gasteiger partial charge in [-0.2, -0.15) is 0 Å². The van der Waals surface area contributed by atoms with E-state index in [1.165, 1.54) is 5.69 Å². The summed E-state index contributed by atoms with van der Waals surface area (Å²) in [5.41, 5.74) is 4.89. The van der Waals surface area contributed by atoms with E-state index in [1.54, 1.807) is 6.33 Å². The number of hydrogen-bond donors (Lipinski definition) is 1. The Kier molecular flexibility index (Phi) is 5.28. The minimum absolute atomic E-state index is 0.718. The second-order valence-electron chi connectivity index (χ2n) is 6.08. The molecule has 1 aromatic carbocycles. The monoisotopic (exact) mass is 338 g/mol. The maximum Gasteiger partial charge on any atom is 0.181 e. The van der Waals surface area contributed by atoms with Gasteiger partial charge in [0.15, 0.2) is 5.65 Å². The normalized spacial score (nSPS) is 15.1. The zero-order chi connectivity index (χ0) is 17.8. The fourth-order valence-electron chi connectivity index (χ4n) is 2.98. The Labute approximate surface area is 148 Å². The standard InChI is InChI=1S/C17H20N6.C2H6/c1-12-15-17(19-11-18-12)21-16(20-15)13-3-5-14(6-4-13)23-9-7-22(2)8-10-23;1-2/h3-6,11H,7-10H2,1-2H3,(H,18,19,20,21);1-2H3. The van der Waals surface area contributed by atoms with E-state index in [-0.39, 0.29) is 0 Å². The van der Waals surface area contributed by atoms with Gasteiger partial charge in [-0.15, -0.1) is 0 Å². The zero-order valence-electron chi connectivity index (χ0n) is 15.5. The van der Waals surface area contributed by atoms with Crippen molar-refractivity contribution in [1.29, 1.82) is 0 Å². The molecule has 0 bridgehead atoms. The summed E-state index contributed by atoms with van der Waals surface area (Å²) in [6.07, 6.45) is 1.55. The Morgan fingerprint density at radius 1 is 0.960 bits per heavy atom. The van der Waals surface area contributed by atoms with Crippen molar-refractivity contribution >= 4 is 16.9 Å². The summed E-state index contributed by atoms with van der Waals surface area (Å²) in [5, 5.41) is 0. The molecule has 1 N–H and O–H groups in total. The Morgan fingerprint density at radius 3 is 2.28 bits per heavy atom. The van der Waals surface area contributed by atoms with Crippen LogP contribution in [0.1, 0.15) is 19.5 Å². The molecule has 0 spiro atoms. The van der Waals surface area contributed by atoms with Crippen LogP contribution in [-0.4, -0.2) is 58.1 Å². The molecule has 1 aliphatic heterocycles. The smallest absolute Gasteiger partial charge is 0.181 e. The van der Waals surface area contributed by atoms with Gasteiger partial charge in [0, 0.05) is 37.4 Å². The van der Waals surface area contributed by atoms with Gasteiger partial charge in [0.2, 0.25) is 0 Å². The van der Waals surface area contributed by atoms with Crippen molar-refractivity contribution in [3.8, 4) is 11.4 Å². The highest BCUT2D eigenvalue weighted by Crippen LogP contribution is 2.24. The average molecular weight is 338 g/mol. The van der Waals surface area contributed by atoms with Gasteiger partial charge in [-0.05, 0) is 38.2 Å². The van der Waals surface area contributed by atoms with Crippen LogP contribution in [-0.2, 0) is 0 Å². The fourth-order valence-corrected chi connectivity index (χ4v) is 2.98. The van der Waals surface area contributed by atoms with Gasteiger partial charge in [-0.3, -0.25) is 0 Å². The lowest BCUT2D eigenvalue weighted by Gasteiger charge is -2.34. The number of imidazole rings is 1. The number of anilines is 1. The van der Waals surface area contributed by atoms with Gasteiger partial charge in [0.1, 0.15) is 17.7 Å². The fraction of sp³-hybridized carbons (Fsp3) is 0.421. The van der Waals surface area contributed by atoms with E-state index in [0.29, 0.717) is 0 Å². The summed E-state index contributed by atoms with van der Waals surface area (Å²) >= 11 is 0. The molecule has 0 aliphatic carbocycles. The summed E-state index contributed by atoms with van der Waals surface area (Å²) in [5.74, 6) is 0.841. The molecule has 1 fully saturated rings. The van der Waals surface area contributed by atoms with Crippen molar-refractivity contribution in [2.45, 2.75) is 20.8 Å². The third kappa shape index (κ3) is 3.64. The first-order valence-corrected chi connectivity index (χ1v) is 8.92. The van der Waals surface area contributed by atoms with Crippen LogP contribution in [0.4, 0.5) is 5.69 Å². The van der Waals surface area contributed by atoms with E-state index in [2.05, 4.69) is 61.0 Å². The number of benzene rings is 1. The highest BCUT2D eigenvalue weighted by Gasteiger charge is 2.14. The van der Waals surface area contributed by atoms with Crippen LogP contribution >= 0.6 is 0 Å². The topological polar surface area (TPSA) is 60.9 Å². The first kappa shape index (κ1) is 17.4. The van der Waals surface area contributed by atoms with Crippen LogP contribution < -0.4 is 4.90 Å². The summed E-state index contributed by atoms with van der Waals surface area (Å²) in [7, 11) is 2.17. The van der Waals surface area contributed by atoms with Gasteiger partial charge in [-0.25, -0.2) is 15.0 Å². The van der Waals surface area contributed by atoms with Crippen LogP contribution in [0.15, 0.2) is 30.6 Å². The van der Waals surface area contributed by atoms with Crippen molar-refractivity contribution in [1.82, 2.24) is 24.8 Å². The number of piperazine rings is 1. The molecule has 4 rings (SSSR count). The average Bonchev–Trinajstić information content (AvgIpc) is 3.10. The number of likely N-dealkylation sites (N-methyl/N-ethyl adjacent to an activating group) is 1. The zero-order valence-corrected chi connectivity index (χ0v) is 15.5. The molecule has 1 aliphatic rings. The Bertz CT molecular complexity index is 816. The summed E-state index contributed by atoms with van der Waals surface area (Å²) < 4.78 is 0. The van der Waals surface area contributed by atoms with Crippen LogP contribution in [0.5, 0.6) is 0 Å². The van der Waals surface area contributed by atoms with E-state index < -0.39 is 0 Å². The molecule has 25 heavy (non-hydrogen) atoms. The number of rotatable bonds is 2. The molecule has 0 amide bonds. The molecule has 132 valence electrons. The third-order valence-corrected chi connectivity index (χ3v) is 4.49.